The standard InChI is InChI=1S/C18H21N3O3/c1-12-16(13(2)24-19-12)11-20-7-6-15-14(10-20)4-3-5-17(15)21-8-9-23-18(21)22/h3-5H,6-11H2,1-2H3. The first-order chi connectivity index (χ1) is 11.6. The number of aryl methyl sites for hydroxylation is 2. The van der Waals surface area contributed by atoms with E-state index >= 15 is 0 Å². The van der Waals surface area contributed by atoms with Crippen LogP contribution in [0.3, 0.4) is 0 Å². The van der Waals surface area contributed by atoms with Gasteiger partial charge in [0.2, 0.25) is 0 Å². The van der Waals surface area contributed by atoms with Crippen LogP contribution in [0, 0.1) is 13.8 Å². The Morgan fingerprint density at radius 3 is 2.83 bits per heavy atom. The van der Waals surface area contributed by atoms with Crippen molar-refractivity contribution in [2.45, 2.75) is 33.4 Å². The fourth-order valence-electron chi connectivity index (χ4n) is 3.60. The lowest BCUT2D eigenvalue weighted by Crippen LogP contribution is -2.33. The van der Waals surface area contributed by atoms with Crippen LogP contribution in [0.5, 0.6) is 0 Å². The number of carbonyl (C=O) groups excluding carboxylic acids is 1. The van der Waals surface area contributed by atoms with Crippen LogP contribution >= 0.6 is 0 Å². The van der Waals surface area contributed by atoms with E-state index in [4.69, 9.17) is 9.26 Å². The summed E-state index contributed by atoms with van der Waals surface area (Å²) in [7, 11) is 0. The molecule has 2 aliphatic rings. The van der Waals surface area contributed by atoms with Crippen molar-refractivity contribution < 1.29 is 14.1 Å². The van der Waals surface area contributed by atoms with E-state index in [2.05, 4.69) is 16.1 Å². The monoisotopic (exact) mass is 327 g/mol. The van der Waals surface area contributed by atoms with E-state index in [1.54, 1.807) is 4.90 Å². The van der Waals surface area contributed by atoms with Gasteiger partial charge in [0.05, 0.1) is 17.9 Å². The summed E-state index contributed by atoms with van der Waals surface area (Å²) in [5.41, 5.74) is 5.70. The molecule has 4 rings (SSSR count). The van der Waals surface area contributed by atoms with Gasteiger partial charge < -0.3 is 9.26 Å². The molecule has 6 nitrogen and oxygen atoms in total. The molecule has 3 heterocycles. The van der Waals surface area contributed by atoms with Crippen molar-refractivity contribution in [1.82, 2.24) is 10.1 Å². The normalized spacial score (nSPS) is 17.9. The Morgan fingerprint density at radius 2 is 2.12 bits per heavy atom. The second kappa shape index (κ2) is 5.94. The fourth-order valence-corrected chi connectivity index (χ4v) is 3.60. The van der Waals surface area contributed by atoms with E-state index in [-0.39, 0.29) is 6.09 Å². The van der Waals surface area contributed by atoms with Crippen molar-refractivity contribution in [3.05, 3.63) is 46.3 Å². The van der Waals surface area contributed by atoms with Crippen LogP contribution in [-0.2, 0) is 24.2 Å². The second-order valence-corrected chi connectivity index (χ2v) is 6.44. The number of ether oxygens (including phenoxy) is 1. The SMILES string of the molecule is Cc1noc(C)c1CN1CCc2c(cccc2N2CCOC2=O)C1. The van der Waals surface area contributed by atoms with E-state index in [1.807, 2.05) is 26.0 Å². The molecule has 0 aliphatic carbocycles. The van der Waals surface area contributed by atoms with E-state index in [0.29, 0.717) is 13.2 Å². The van der Waals surface area contributed by atoms with E-state index < -0.39 is 0 Å². The smallest absolute Gasteiger partial charge is 0.414 e. The fraction of sp³-hybridized carbons (Fsp3) is 0.444. The van der Waals surface area contributed by atoms with Gasteiger partial charge in [-0.25, -0.2) is 4.79 Å². The zero-order valence-corrected chi connectivity index (χ0v) is 14.0. The van der Waals surface area contributed by atoms with Crippen LogP contribution in [-0.4, -0.2) is 35.8 Å². The second-order valence-electron chi connectivity index (χ2n) is 6.44. The molecule has 0 unspecified atom stereocenters. The molecule has 1 aromatic carbocycles. The lowest BCUT2D eigenvalue weighted by Gasteiger charge is -2.31. The minimum absolute atomic E-state index is 0.235. The van der Waals surface area contributed by atoms with Crippen molar-refractivity contribution in [2.24, 2.45) is 0 Å². The van der Waals surface area contributed by atoms with Crippen LogP contribution in [0.15, 0.2) is 22.7 Å². The zero-order valence-electron chi connectivity index (χ0n) is 14.0. The number of carbonyl (C=O) groups is 1. The molecule has 24 heavy (non-hydrogen) atoms. The number of cyclic esters (lactones) is 1. The van der Waals surface area contributed by atoms with Gasteiger partial charge in [0.25, 0.3) is 0 Å². The Kier molecular flexibility index (Phi) is 3.76. The lowest BCUT2D eigenvalue weighted by molar-refractivity contribution is 0.181. The van der Waals surface area contributed by atoms with Crippen molar-refractivity contribution in [3.63, 3.8) is 0 Å². The summed E-state index contributed by atoms with van der Waals surface area (Å²) in [6.07, 6.45) is 0.695. The molecule has 1 saturated heterocycles. The molecule has 0 N–H and O–H groups in total. The number of rotatable bonds is 3. The molecule has 0 saturated carbocycles. The number of amides is 1. The number of fused-ring (bicyclic) bond motifs is 1. The molecule has 1 aromatic heterocycles. The van der Waals surface area contributed by atoms with E-state index in [0.717, 1.165) is 43.2 Å². The number of benzene rings is 1. The predicted molar refractivity (Wildman–Crippen MR) is 88.9 cm³/mol. The molecule has 6 heteroatoms. The number of nitrogens with zero attached hydrogens (tertiary/aromatic N) is 3. The maximum Gasteiger partial charge on any atom is 0.414 e. The summed E-state index contributed by atoms with van der Waals surface area (Å²) < 4.78 is 10.4. The van der Waals surface area contributed by atoms with E-state index in [1.165, 1.54) is 16.7 Å². The van der Waals surface area contributed by atoms with Crippen molar-refractivity contribution in [2.75, 3.05) is 24.6 Å². The summed E-state index contributed by atoms with van der Waals surface area (Å²) in [6, 6.07) is 6.20. The average molecular weight is 327 g/mol. The third kappa shape index (κ3) is 2.57. The predicted octanol–water partition coefficient (Wildman–Crippen LogP) is 2.81. The van der Waals surface area contributed by atoms with Crippen LogP contribution < -0.4 is 4.90 Å². The van der Waals surface area contributed by atoms with Crippen LogP contribution in [0.25, 0.3) is 0 Å². The van der Waals surface area contributed by atoms with Gasteiger partial charge in [-0.15, -0.1) is 0 Å². The Bertz CT molecular complexity index is 764. The molecular weight excluding hydrogens is 306 g/mol. The largest absolute Gasteiger partial charge is 0.447 e. The van der Waals surface area contributed by atoms with E-state index in [9.17, 15) is 4.79 Å². The zero-order chi connectivity index (χ0) is 16.7. The van der Waals surface area contributed by atoms with Gasteiger partial charge in [-0.1, -0.05) is 17.3 Å². The molecular formula is C18H21N3O3. The molecule has 0 atom stereocenters. The summed E-state index contributed by atoms with van der Waals surface area (Å²) in [5, 5.41) is 4.04. The lowest BCUT2D eigenvalue weighted by atomic mass is 9.96. The van der Waals surface area contributed by atoms with Gasteiger partial charge in [0, 0.05) is 25.2 Å². The molecule has 2 aromatic rings. The van der Waals surface area contributed by atoms with Crippen LogP contribution in [0.4, 0.5) is 10.5 Å². The third-order valence-electron chi connectivity index (χ3n) is 4.93. The number of anilines is 1. The van der Waals surface area contributed by atoms with Gasteiger partial charge in [-0.05, 0) is 37.5 Å². The van der Waals surface area contributed by atoms with Gasteiger partial charge in [0.15, 0.2) is 0 Å². The summed E-state index contributed by atoms with van der Waals surface area (Å²) >= 11 is 0. The Balaban J connectivity index is 1.57. The highest BCUT2D eigenvalue weighted by Crippen LogP contribution is 2.31. The highest BCUT2D eigenvalue weighted by molar-refractivity contribution is 5.90. The average Bonchev–Trinajstić information content (AvgIpc) is 3.14. The summed E-state index contributed by atoms with van der Waals surface area (Å²) in [4.78, 5) is 16.0. The third-order valence-corrected chi connectivity index (χ3v) is 4.93. The van der Waals surface area contributed by atoms with Gasteiger partial charge in [0.1, 0.15) is 12.4 Å². The van der Waals surface area contributed by atoms with Crippen molar-refractivity contribution in [3.8, 4) is 0 Å². The molecule has 0 spiro atoms. The maximum absolute atomic E-state index is 11.9. The summed E-state index contributed by atoms with van der Waals surface area (Å²) in [5.74, 6) is 0.895. The van der Waals surface area contributed by atoms with Gasteiger partial charge >= 0.3 is 6.09 Å². The van der Waals surface area contributed by atoms with Crippen molar-refractivity contribution >= 4 is 11.8 Å². The number of hydrogen-bond donors (Lipinski definition) is 0. The van der Waals surface area contributed by atoms with Crippen LogP contribution in [0.1, 0.15) is 28.1 Å². The molecule has 1 amide bonds. The number of aromatic nitrogens is 1. The number of hydrogen-bond acceptors (Lipinski definition) is 5. The Morgan fingerprint density at radius 1 is 1.25 bits per heavy atom. The topological polar surface area (TPSA) is 58.8 Å². The first-order valence-electron chi connectivity index (χ1n) is 8.32. The summed E-state index contributed by atoms with van der Waals surface area (Å²) in [6.45, 7) is 7.73. The highest BCUT2D eigenvalue weighted by Gasteiger charge is 2.28. The minimum atomic E-state index is -0.235. The van der Waals surface area contributed by atoms with Gasteiger partial charge in [-0.3, -0.25) is 9.80 Å². The van der Waals surface area contributed by atoms with Gasteiger partial charge in [-0.2, -0.15) is 0 Å². The molecule has 1 fully saturated rings. The molecule has 0 radical (unpaired) electrons. The Hall–Kier alpha value is -2.34. The maximum atomic E-state index is 11.9. The molecule has 126 valence electrons. The Labute approximate surface area is 141 Å². The van der Waals surface area contributed by atoms with Crippen molar-refractivity contribution in [1.29, 1.82) is 0 Å². The molecule has 2 aliphatic heterocycles. The van der Waals surface area contributed by atoms with Crippen LogP contribution in [0.2, 0.25) is 0 Å². The minimum Gasteiger partial charge on any atom is -0.447 e. The quantitative estimate of drug-likeness (QED) is 0.867. The molecule has 0 bridgehead atoms. The first kappa shape index (κ1) is 15.2. The first-order valence-corrected chi connectivity index (χ1v) is 8.32. The highest BCUT2D eigenvalue weighted by atomic mass is 16.6.